The van der Waals surface area contributed by atoms with Gasteiger partial charge < -0.3 is 24.4 Å². The highest BCUT2D eigenvalue weighted by Crippen LogP contribution is 2.28. The second kappa shape index (κ2) is 6.31. The van der Waals surface area contributed by atoms with Gasteiger partial charge >= 0.3 is 5.69 Å². The molecule has 1 aromatic heterocycles. The number of rotatable bonds is 3. The number of ether oxygens (including phenoxy) is 3. The van der Waals surface area contributed by atoms with Gasteiger partial charge in [0, 0.05) is 12.6 Å². The van der Waals surface area contributed by atoms with Crippen molar-refractivity contribution in [2.24, 2.45) is 0 Å². The lowest BCUT2D eigenvalue weighted by Gasteiger charge is -2.23. The van der Waals surface area contributed by atoms with Crippen LogP contribution in [0.1, 0.15) is 30.9 Å². The minimum atomic E-state index is -0.876. The molecule has 22 heavy (non-hydrogen) atoms. The summed E-state index contributed by atoms with van der Waals surface area (Å²) >= 11 is 0. The third-order valence-electron chi connectivity index (χ3n) is 3.77. The number of aromatic amines is 1. The van der Waals surface area contributed by atoms with E-state index in [0.29, 0.717) is 13.2 Å². The zero-order valence-corrected chi connectivity index (χ0v) is 11.8. The number of aromatic nitrogens is 2. The van der Waals surface area contributed by atoms with Gasteiger partial charge in [0.15, 0.2) is 6.29 Å². The molecule has 9 heteroatoms. The zero-order chi connectivity index (χ0) is 15.7. The fraction of sp³-hybridized carbons (Fsp3) is 0.692. The molecular weight excluding hydrogens is 296 g/mol. The lowest BCUT2D eigenvalue weighted by molar-refractivity contribution is -0.184. The van der Waals surface area contributed by atoms with Crippen LogP contribution in [0.3, 0.4) is 0 Å². The van der Waals surface area contributed by atoms with Crippen molar-refractivity contribution >= 4 is 0 Å². The second-order valence-electron chi connectivity index (χ2n) is 5.29. The summed E-state index contributed by atoms with van der Waals surface area (Å²) in [7, 11) is 0. The van der Waals surface area contributed by atoms with E-state index >= 15 is 0 Å². The summed E-state index contributed by atoms with van der Waals surface area (Å²) < 4.78 is 17.4. The number of hydrogen-bond donors (Lipinski definition) is 3. The predicted molar refractivity (Wildman–Crippen MR) is 72.2 cm³/mol. The summed E-state index contributed by atoms with van der Waals surface area (Å²) in [6, 6.07) is 0. The van der Waals surface area contributed by atoms with E-state index < -0.39 is 36.0 Å². The molecule has 3 atom stereocenters. The Kier molecular flexibility index (Phi) is 4.41. The number of nitrogens with zero attached hydrogens (tertiary/aromatic N) is 1. The van der Waals surface area contributed by atoms with Crippen LogP contribution in [-0.2, 0) is 14.2 Å². The normalized spacial score (nSPS) is 29.8. The summed E-state index contributed by atoms with van der Waals surface area (Å²) in [5, 5.41) is 18.9. The van der Waals surface area contributed by atoms with E-state index in [4.69, 9.17) is 19.3 Å². The van der Waals surface area contributed by atoms with Crippen molar-refractivity contribution in [3.05, 3.63) is 32.6 Å². The van der Waals surface area contributed by atoms with E-state index in [1.165, 1.54) is 10.8 Å². The summed E-state index contributed by atoms with van der Waals surface area (Å²) in [5.74, 6) is 0. The largest absolute Gasteiger partial charge is 0.394 e. The molecule has 0 bridgehead atoms. The van der Waals surface area contributed by atoms with E-state index in [2.05, 4.69) is 4.98 Å². The fourth-order valence-electron chi connectivity index (χ4n) is 2.60. The Balaban J connectivity index is 1.91. The maximum Gasteiger partial charge on any atom is 0.330 e. The van der Waals surface area contributed by atoms with Crippen LogP contribution >= 0.6 is 0 Å². The Bertz CT molecular complexity index is 634. The average Bonchev–Trinajstić information content (AvgIpc) is 2.89. The van der Waals surface area contributed by atoms with Gasteiger partial charge in [0.2, 0.25) is 0 Å². The first-order valence-corrected chi connectivity index (χ1v) is 7.13. The van der Waals surface area contributed by atoms with Crippen molar-refractivity contribution in [1.82, 2.24) is 9.55 Å². The summed E-state index contributed by atoms with van der Waals surface area (Å²) in [6.07, 6.45) is -1.02. The summed E-state index contributed by atoms with van der Waals surface area (Å²) in [6.45, 7) is 0.584. The van der Waals surface area contributed by atoms with Crippen LogP contribution in [0.5, 0.6) is 0 Å². The van der Waals surface area contributed by atoms with Crippen LogP contribution in [-0.4, -0.2) is 51.8 Å². The van der Waals surface area contributed by atoms with Gasteiger partial charge in [0.25, 0.3) is 5.56 Å². The Morgan fingerprint density at radius 1 is 1.32 bits per heavy atom. The number of aliphatic hydroxyl groups excluding tert-OH is 2. The quantitative estimate of drug-likeness (QED) is 0.628. The first-order chi connectivity index (χ1) is 10.6. The molecule has 0 aliphatic carbocycles. The van der Waals surface area contributed by atoms with Crippen LogP contribution in [0.4, 0.5) is 0 Å². The molecule has 0 radical (unpaired) electrons. The van der Waals surface area contributed by atoms with E-state index in [1.807, 2.05) is 0 Å². The van der Waals surface area contributed by atoms with Gasteiger partial charge in [-0.15, -0.1) is 0 Å². The molecule has 0 spiro atoms. The Labute approximate surface area is 125 Å². The van der Waals surface area contributed by atoms with Gasteiger partial charge in [0.1, 0.15) is 12.3 Å². The van der Waals surface area contributed by atoms with E-state index in [0.717, 1.165) is 6.42 Å². The minimum Gasteiger partial charge on any atom is -0.394 e. The van der Waals surface area contributed by atoms with Crippen LogP contribution in [0.25, 0.3) is 0 Å². The van der Waals surface area contributed by atoms with Crippen LogP contribution < -0.4 is 11.2 Å². The molecule has 2 saturated heterocycles. The van der Waals surface area contributed by atoms with Crippen LogP contribution in [0.2, 0.25) is 0 Å². The van der Waals surface area contributed by atoms with Gasteiger partial charge in [-0.2, -0.15) is 0 Å². The van der Waals surface area contributed by atoms with Crippen molar-refractivity contribution in [2.45, 2.75) is 37.6 Å². The van der Waals surface area contributed by atoms with Gasteiger partial charge in [-0.05, 0) is 6.42 Å². The standard InChI is InChI=1S/C13H18N2O7/c16-6-9-8(17)4-10(22-9)15-5-7(11(18)14-13(15)19)12-20-2-1-3-21-12/h5,8-10,12,16-17H,1-4,6H2,(H,14,18,19)/t8-,9+,10?/m0/s1. The van der Waals surface area contributed by atoms with Crippen molar-refractivity contribution in [2.75, 3.05) is 19.8 Å². The monoisotopic (exact) mass is 314 g/mol. The summed E-state index contributed by atoms with van der Waals surface area (Å²) in [4.78, 5) is 26.1. The Hall–Kier alpha value is -1.52. The molecule has 122 valence electrons. The van der Waals surface area contributed by atoms with Crippen molar-refractivity contribution in [1.29, 1.82) is 0 Å². The van der Waals surface area contributed by atoms with Crippen molar-refractivity contribution in [3.8, 4) is 0 Å². The predicted octanol–water partition coefficient (Wildman–Crippen LogP) is -1.39. The van der Waals surface area contributed by atoms with Crippen LogP contribution in [0.15, 0.2) is 15.8 Å². The molecule has 1 aromatic rings. The summed E-state index contributed by atoms with van der Waals surface area (Å²) in [5.41, 5.74) is -1.06. The van der Waals surface area contributed by atoms with Crippen LogP contribution in [0, 0.1) is 0 Å². The smallest absolute Gasteiger partial charge is 0.330 e. The lowest BCUT2D eigenvalue weighted by Crippen LogP contribution is -2.36. The maximum absolute atomic E-state index is 12.0. The molecule has 2 aliphatic rings. The minimum absolute atomic E-state index is 0.142. The zero-order valence-electron chi connectivity index (χ0n) is 11.8. The SMILES string of the molecule is O=c1[nH]c(=O)n(C2C[C@H](O)[C@@H](CO)O2)cc1C1OCCCO1. The number of nitrogens with one attached hydrogen (secondary N) is 1. The molecule has 3 heterocycles. The molecule has 0 saturated carbocycles. The molecular formula is C13H18N2O7. The Morgan fingerprint density at radius 2 is 2.05 bits per heavy atom. The average molecular weight is 314 g/mol. The Morgan fingerprint density at radius 3 is 2.68 bits per heavy atom. The van der Waals surface area contributed by atoms with Gasteiger partial charge in [-0.1, -0.05) is 0 Å². The van der Waals surface area contributed by atoms with E-state index in [9.17, 15) is 14.7 Å². The number of hydrogen-bond acceptors (Lipinski definition) is 7. The van der Waals surface area contributed by atoms with Gasteiger partial charge in [-0.25, -0.2) is 4.79 Å². The highest BCUT2D eigenvalue weighted by atomic mass is 16.7. The highest BCUT2D eigenvalue weighted by molar-refractivity contribution is 5.07. The first kappa shape index (κ1) is 15.4. The molecule has 0 aromatic carbocycles. The van der Waals surface area contributed by atoms with Gasteiger partial charge in [0.05, 0.1) is 31.5 Å². The van der Waals surface area contributed by atoms with E-state index in [1.54, 1.807) is 0 Å². The number of aliphatic hydroxyl groups is 2. The topological polar surface area (TPSA) is 123 Å². The van der Waals surface area contributed by atoms with E-state index in [-0.39, 0.29) is 18.6 Å². The molecule has 2 fully saturated rings. The first-order valence-electron chi connectivity index (χ1n) is 7.13. The van der Waals surface area contributed by atoms with Crippen molar-refractivity contribution in [3.63, 3.8) is 0 Å². The fourth-order valence-corrected chi connectivity index (χ4v) is 2.60. The second-order valence-corrected chi connectivity index (χ2v) is 5.29. The third-order valence-corrected chi connectivity index (χ3v) is 3.77. The molecule has 3 rings (SSSR count). The van der Waals surface area contributed by atoms with Crippen molar-refractivity contribution < 1.29 is 24.4 Å². The molecule has 3 N–H and O–H groups in total. The lowest BCUT2D eigenvalue weighted by atomic mass is 10.2. The maximum atomic E-state index is 12.0. The molecule has 2 aliphatic heterocycles. The molecule has 9 nitrogen and oxygen atoms in total. The third kappa shape index (κ3) is 2.85. The number of H-pyrrole nitrogens is 1. The highest BCUT2D eigenvalue weighted by Gasteiger charge is 2.35. The van der Waals surface area contributed by atoms with Gasteiger partial charge in [-0.3, -0.25) is 14.3 Å². The molecule has 0 amide bonds. The molecule has 1 unspecified atom stereocenters.